The molecular weight excluding hydrogens is 513 g/mol. The fourth-order valence-electron chi connectivity index (χ4n) is 4.03. The summed E-state index contributed by atoms with van der Waals surface area (Å²) in [6.45, 7) is 9.89. The summed E-state index contributed by atoms with van der Waals surface area (Å²) < 4.78 is 23.1. The summed E-state index contributed by atoms with van der Waals surface area (Å²) in [5.41, 5.74) is 1.35. The van der Waals surface area contributed by atoms with Gasteiger partial charge >= 0.3 is 0 Å². The Bertz CT molecular complexity index is 761. The van der Waals surface area contributed by atoms with E-state index in [4.69, 9.17) is 4.99 Å². The second-order valence-electron chi connectivity index (χ2n) is 8.10. The highest BCUT2D eigenvalue weighted by Crippen LogP contribution is 2.20. The van der Waals surface area contributed by atoms with Gasteiger partial charge in [-0.05, 0) is 25.8 Å². The Kier molecular flexibility index (Phi) is 10.3. The van der Waals surface area contributed by atoms with E-state index in [9.17, 15) is 8.42 Å². The maximum Gasteiger partial charge on any atom is 0.191 e. The van der Waals surface area contributed by atoms with Crippen molar-refractivity contribution in [3.63, 3.8) is 0 Å². The molecule has 2 aliphatic heterocycles. The van der Waals surface area contributed by atoms with Crippen LogP contribution in [-0.4, -0.2) is 87.0 Å². The highest BCUT2D eigenvalue weighted by atomic mass is 127. The monoisotopic (exact) mass is 549 g/mol. The van der Waals surface area contributed by atoms with Crippen molar-refractivity contribution in [2.24, 2.45) is 4.99 Å². The van der Waals surface area contributed by atoms with Crippen LogP contribution in [0.4, 0.5) is 0 Å². The van der Waals surface area contributed by atoms with Crippen LogP contribution in [0.25, 0.3) is 0 Å². The lowest BCUT2D eigenvalue weighted by Gasteiger charge is -2.26. The van der Waals surface area contributed by atoms with E-state index < -0.39 is 9.84 Å². The van der Waals surface area contributed by atoms with Crippen LogP contribution in [0.3, 0.4) is 0 Å². The molecule has 2 aliphatic rings. The van der Waals surface area contributed by atoms with Crippen molar-refractivity contribution in [1.82, 2.24) is 20.4 Å². The van der Waals surface area contributed by atoms with Gasteiger partial charge in [0.05, 0.1) is 18.1 Å². The summed E-state index contributed by atoms with van der Waals surface area (Å²) in [6, 6.07) is 11.5. The number of hydrogen-bond acceptors (Lipinski definition) is 5. The van der Waals surface area contributed by atoms with Crippen molar-refractivity contribution in [2.45, 2.75) is 38.9 Å². The van der Waals surface area contributed by atoms with Gasteiger partial charge in [-0.15, -0.1) is 24.0 Å². The fraction of sp³-hybridized carbons (Fsp3) is 0.667. The van der Waals surface area contributed by atoms with E-state index in [1.807, 2.05) is 0 Å². The Hall–Kier alpha value is -0.910. The van der Waals surface area contributed by atoms with Crippen molar-refractivity contribution < 1.29 is 8.42 Å². The molecule has 9 heteroatoms. The van der Waals surface area contributed by atoms with E-state index in [1.54, 1.807) is 0 Å². The molecule has 3 rings (SSSR count). The standard InChI is InChI=1S/C21H35N5O2S.HI/c1-3-22-21(23-9-10-25-11-13-29(27,28)14-12-25)24-20-15-18(2)26(17-20)16-19-7-5-4-6-8-19;/h4-8,18,20H,3,9-17H2,1-2H3,(H2,22,23,24);1H. The molecule has 0 spiro atoms. The summed E-state index contributed by atoms with van der Waals surface area (Å²) in [5.74, 6) is 1.40. The number of aliphatic imine (C=N–C) groups is 1. The molecule has 0 aromatic heterocycles. The topological polar surface area (TPSA) is 77.0 Å². The average molecular weight is 550 g/mol. The Morgan fingerprint density at radius 1 is 1.20 bits per heavy atom. The van der Waals surface area contributed by atoms with E-state index in [0.717, 1.165) is 38.6 Å². The molecule has 0 aliphatic carbocycles. The summed E-state index contributed by atoms with van der Waals surface area (Å²) >= 11 is 0. The highest BCUT2D eigenvalue weighted by molar-refractivity contribution is 14.0. The van der Waals surface area contributed by atoms with Crippen molar-refractivity contribution >= 4 is 39.8 Å². The minimum atomic E-state index is -2.82. The van der Waals surface area contributed by atoms with Crippen molar-refractivity contribution in [2.75, 3.05) is 50.8 Å². The Balaban J connectivity index is 0.00000320. The molecule has 0 bridgehead atoms. The third-order valence-corrected chi connectivity index (χ3v) is 7.35. The summed E-state index contributed by atoms with van der Waals surface area (Å²) in [4.78, 5) is 9.43. The SMILES string of the molecule is CCNC(=NCCN1CCS(=O)(=O)CC1)NC1CC(C)N(Cc2ccccc2)C1.I. The van der Waals surface area contributed by atoms with Gasteiger partial charge in [-0.25, -0.2) is 8.42 Å². The first-order valence-electron chi connectivity index (χ1n) is 10.7. The lowest BCUT2D eigenvalue weighted by atomic mass is 10.2. The van der Waals surface area contributed by atoms with Gasteiger partial charge < -0.3 is 10.6 Å². The minimum Gasteiger partial charge on any atom is -0.357 e. The van der Waals surface area contributed by atoms with Crippen LogP contribution in [0, 0.1) is 0 Å². The molecule has 2 heterocycles. The Morgan fingerprint density at radius 3 is 2.57 bits per heavy atom. The van der Waals surface area contributed by atoms with E-state index in [2.05, 4.69) is 64.6 Å². The van der Waals surface area contributed by atoms with E-state index in [1.165, 1.54) is 5.56 Å². The molecule has 30 heavy (non-hydrogen) atoms. The largest absolute Gasteiger partial charge is 0.357 e. The zero-order valence-electron chi connectivity index (χ0n) is 18.1. The van der Waals surface area contributed by atoms with Crippen LogP contribution < -0.4 is 10.6 Å². The molecule has 2 N–H and O–H groups in total. The molecule has 0 amide bonds. The highest BCUT2D eigenvalue weighted by Gasteiger charge is 2.29. The zero-order valence-corrected chi connectivity index (χ0v) is 21.2. The molecular formula is C21H36IN5O2S. The number of nitrogens with zero attached hydrogens (tertiary/aromatic N) is 3. The minimum absolute atomic E-state index is 0. The average Bonchev–Trinajstić information content (AvgIpc) is 3.03. The smallest absolute Gasteiger partial charge is 0.191 e. The molecule has 2 fully saturated rings. The van der Waals surface area contributed by atoms with Gasteiger partial charge in [0.2, 0.25) is 0 Å². The Morgan fingerprint density at radius 2 is 1.90 bits per heavy atom. The molecule has 2 atom stereocenters. The van der Waals surface area contributed by atoms with Gasteiger partial charge in [-0.3, -0.25) is 14.8 Å². The molecule has 170 valence electrons. The lowest BCUT2D eigenvalue weighted by Crippen LogP contribution is -2.45. The number of benzene rings is 1. The predicted octanol–water partition coefficient (Wildman–Crippen LogP) is 1.55. The lowest BCUT2D eigenvalue weighted by molar-refractivity contribution is 0.258. The number of hydrogen-bond donors (Lipinski definition) is 2. The third-order valence-electron chi connectivity index (χ3n) is 5.74. The van der Waals surface area contributed by atoms with Gasteiger partial charge in [-0.1, -0.05) is 30.3 Å². The van der Waals surface area contributed by atoms with Crippen molar-refractivity contribution in [3.8, 4) is 0 Å². The van der Waals surface area contributed by atoms with Crippen LogP contribution in [0.1, 0.15) is 25.8 Å². The van der Waals surface area contributed by atoms with Crippen molar-refractivity contribution in [3.05, 3.63) is 35.9 Å². The first-order chi connectivity index (χ1) is 13.9. The maximum atomic E-state index is 11.5. The van der Waals surface area contributed by atoms with Crippen LogP contribution in [-0.2, 0) is 16.4 Å². The number of nitrogens with one attached hydrogen (secondary N) is 2. The predicted molar refractivity (Wildman–Crippen MR) is 134 cm³/mol. The van der Waals surface area contributed by atoms with Gasteiger partial charge in [-0.2, -0.15) is 0 Å². The third kappa shape index (κ3) is 7.97. The number of sulfone groups is 1. The maximum absolute atomic E-state index is 11.5. The first kappa shape index (κ1) is 25.4. The van der Waals surface area contributed by atoms with Crippen LogP contribution in [0.15, 0.2) is 35.3 Å². The van der Waals surface area contributed by atoms with Gasteiger partial charge in [0.25, 0.3) is 0 Å². The molecule has 0 radical (unpaired) electrons. The molecule has 0 saturated carbocycles. The van der Waals surface area contributed by atoms with E-state index in [0.29, 0.717) is 31.7 Å². The second kappa shape index (κ2) is 12.2. The van der Waals surface area contributed by atoms with E-state index in [-0.39, 0.29) is 35.5 Å². The fourth-order valence-corrected chi connectivity index (χ4v) is 5.31. The molecule has 1 aromatic carbocycles. The normalized spacial score (nSPS) is 24.9. The second-order valence-corrected chi connectivity index (χ2v) is 10.4. The molecule has 2 unspecified atom stereocenters. The van der Waals surface area contributed by atoms with Crippen LogP contribution >= 0.6 is 24.0 Å². The Labute approximate surface area is 198 Å². The summed E-state index contributed by atoms with van der Waals surface area (Å²) in [6.07, 6.45) is 1.10. The summed E-state index contributed by atoms with van der Waals surface area (Å²) in [5, 5.41) is 6.94. The molecule has 2 saturated heterocycles. The number of rotatable bonds is 7. The van der Waals surface area contributed by atoms with Crippen LogP contribution in [0.5, 0.6) is 0 Å². The first-order valence-corrected chi connectivity index (χ1v) is 12.5. The van der Waals surface area contributed by atoms with Gasteiger partial charge in [0, 0.05) is 51.4 Å². The molecule has 1 aromatic rings. The zero-order chi connectivity index (χ0) is 20.7. The van der Waals surface area contributed by atoms with Crippen LogP contribution in [0.2, 0.25) is 0 Å². The number of guanidine groups is 1. The summed E-state index contributed by atoms with van der Waals surface area (Å²) in [7, 11) is -2.82. The number of likely N-dealkylation sites (tertiary alicyclic amines) is 1. The van der Waals surface area contributed by atoms with Gasteiger partial charge in [0.1, 0.15) is 0 Å². The van der Waals surface area contributed by atoms with E-state index >= 15 is 0 Å². The molecule has 7 nitrogen and oxygen atoms in total. The number of halogens is 1. The van der Waals surface area contributed by atoms with Gasteiger partial charge in [0.15, 0.2) is 15.8 Å². The quantitative estimate of drug-likeness (QED) is 0.306. The van der Waals surface area contributed by atoms with Crippen molar-refractivity contribution in [1.29, 1.82) is 0 Å².